The van der Waals surface area contributed by atoms with Crippen LogP contribution < -0.4 is 15.5 Å². The zero-order valence-corrected chi connectivity index (χ0v) is 16.0. The van der Waals surface area contributed by atoms with Gasteiger partial charge in [0.2, 0.25) is 11.8 Å². The van der Waals surface area contributed by atoms with Crippen LogP contribution in [-0.2, 0) is 19.1 Å². The third-order valence-corrected chi connectivity index (χ3v) is 5.68. The first-order valence-corrected chi connectivity index (χ1v) is 9.93. The zero-order valence-electron chi connectivity index (χ0n) is 16.0. The van der Waals surface area contributed by atoms with E-state index in [1.165, 1.54) is 12.1 Å². The summed E-state index contributed by atoms with van der Waals surface area (Å²) >= 11 is 0. The zero-order chi connectivity index (χ0) is 20.4. The molecule has 4 rings (SSSR count). The number of imide groups is 1. The molecule has 0 radical (unpaired) electrons. The van der Waals surface area contributed by atoms with Gasteiger partial charge in [0.25, 0.3) is 5.91 Å². The summed E-state index contributed by atoms with van der Waals surface area (Å²) in [5.41, 5.74) is 0.591. The first kappa shape index (κ1) is 19.8. The first-order valence-electron chi connectivity index (χ1n) is 9.93. The van der Waals surface area contributed by atoms with Gasteiger partial charge in [-0.3, -0.25) is 19.7 Å². The van der Waals surface area contributed by atoms with E-state index in [1.807, 2.05) is 0 Å². The molecule has 3 aliphatic rings. The number of piperidine rings is 2. The van der Waals surface area contributed by atoms with Gasteiger partial charge in [-0.2, -0.15) is 0 Å². The summed E-state index contributed by atoms with van der Waals surface area (Å²) in [6.45, 7) is 2.79. The van der Waals surface area contributed by atoms with E-state index in [0.29, 0.717) is 24.8 Å². The molecular formula is C20H24FN3O5. The van der Waals surface area contributed by atoms with Gasteiger partial charge < -0.3 is 19.7 Å². The summed E-state index contributed by atoms with van der Waals surface area (Å²) in [6, 6.07) is 3.66. The van der Waals surface area contributed by atoms with Gasteiger partial charge in [0.1, 0.15) is 11.9 Å². The van der Waals surface area contributed by atoms with Gasteiger partial charge in [0, 0.05) is 31.1 Å². The minimum Gasteiger partial charge on any atom is -0.371 e. The lowest BCUT2D eigenvalue weighted by molar-refractivity contribution is -0.134. The molecule has 0 aromatic heterocycles. The van der Waals surface area contributed by atoms with Crippen molar-refractivity contribution >= 4 is 23.4 Å². The minimum absolute atomic E-state index is 0.124. The number of ether oxygens (including phenoxy) is 2. The first-order chi connectivity index (χ1) is 14.0. The molecule has 0 spiro atoms. The lowest BCUT2D eigenvalue weighted by atomic mass is 9.95. The van der Waals surface area contributed by atoms with Gasteiger partial charge in [-0.15, -0.1) is 0 Å². The number of nitrogens with zero attached hydrogens (tertiary/aromatic N) is 1. The third-order valence-electron chi connectivity index (χ3n) is 5.68. The van der Waals surface area contributed by atoms with E-state index in [1.54, 1.807) is 6.07 Å². The molecule has 0 saturated carbocycles. The number of hydrogen-bond acceptors (Lipinski definition) is 6. The quantitative estimate of drug-likeness (QED) is 0.724. The van der Waals surface area contributed by atoms with E-state index in [0.717, 1.165) is 25.9 Å². The van der Waals surface area contributed by atoms with Gasteiger partial charge in [0.15, 0.2) is 6.29 Å². The highest BCUT2D eigenvalue weighted by atomic mass is 19.1. The monoisotopic (exact) mass is 405 g/mol. The van der Waals surface area contributed by atoms with Crippen LogP contribution in [0.1, 0.15) is 36.0 Å². The minimum atomic E-state index is -0.835. The van der Waals surface area contributed by atoms with Crippen molar-refractivity contribution in [3.63, 3.8) is 0 Å². The molecule has 0 bridgehead atoms. The molecule has 8 nitrogen and oxygen atoms in total. The number of halogens is 1. The van der Waals surface area contributed by atoms with Crippen LogP contribution in [-0.4, -0.2) is 56.4 Å². The molecule has 0 aliphatic carbocycles. The van der Waals surface area contributed by atoms with Crippen LogP contribution in [0.5, 0.6) is 0 Å². The van der Waals surface area contributed by atoms with Crippen LogP contribution in [0.15, 0.2) is 18.2 Å². The summed E-state index contributed by atoms with van der Waals surface area (Å²) in [7, 11) is 0. The number of carbonyl (C=O) groups excluding carboxylic acids is 3. The summed E-state index contributed by atoms with van der Waals surface area (Å²) < 4.78 is 25.8. The lowest BCUT2D eigenvalue weighted by Crippen LogP contribution is -2.52. The lowest BCUT2D eigenvalue weighted by Gasteiger charge is -2.35. The van der Waals surface area contributed by atoms with Crippen molar-refractivity contribution in [1.29, 1.82) is 0 Å². The standard InChI is InChI=1S/C20H24FN3O5/c21-15-11-13(24-7-5-12(6-8-24)20-28-9-10-29-20)1-2-14(15)18(26)22-16-3-4-17(25)23-19(16)27/h1-2,11-12,16,20H,3-10H2,(H,22,26)(H,23,25,27). The van der Waals surface area contributed by atoms with Crippen molar-refractivity contribution in [1.82, 2.24) is 10.6 Å². The van der Waals surface area contributed by atoms with Gasteiger partial charge >= 0.3 is 0 Å². The van der Waals surface area contributed by atoms with Gasteiger partial charge in [-0.05, 0) is 37.5 Å². The van der Waals surface area contributed by atoms with Gasteiger partial charge in [-0.1, -0.05) is 0 Å². The van der Waals surface area contributed by atoms with Crippen molar-refractivity contribution in [2.45, 2.75) is 38.0 Å². The number of nitrogens with one attached hydrogen (secondary N) is 2. The molecule has 2 N–H and O–H groups in total. The molecule has 3 amide bonds. The van der Waals surface area contributed by atoms with E-state index < -0.39 is 23.7 Å². The van der Waals surface area contributed by atoms with E-state index in [9.17, 15) is 18.8 Å². The second-order valence-electron chi connectivity index (χ2n) is 7.58. The number of hydrogen-bond donors (Lipinski definition) is 2. The average molecular weight is 405 g/mol. The highest BCUT2D eigenvalue weighted by Gasteiger charge is 2.31. The summed E-state index contributed by atoms with van der Waals surface area (Å²) in [4.78, 5) is 37.4. The van der Waals surface area contributed by atoms with Crippen LogP contribution in [0, 0.1) is 11.7 Å². The normalized spacial score (nSPS) is 23.9. The van der Waals surface area contributed by atoms with Gasteiger partial charge in [0.05, 0.1) is 18.8 Å². The molecule has 9 heteroatoms. The predicted octanol–water partition coefficient (Wildman–Crippen LogP) is 0.950. The van der Waals surface area contributed by atoms with Crippen molar-refractivity contribution in [2.75, 3.05) is 31.2 Å². The number of benzene rings is 1. The van der Waals surface area contributed by atoms with E-state index in [-0.39, 0.29) is 30.6 Å². The Morgan fingerprint density at radius 1 is 1.14 bits per heavy atom. The Bertz CT molecular complexity index is 803. The summed E-state index contributed by atoms with van der Waals surface area (Å²) in [6.07, 6.45) is 2.01. The number of carbonyl (C=O) groups is 3. The maximum absolute atomic E-state index is 14.6. The molecule has 29 heavy (non-hydrogen) atoms. The largest absolute Gasteiger partial charge is 0.371 e. The van der Waals surface area contributed by atoms with Crippen LogP contribution in [0.25, 0.3) is 0 Å². The molecule has 1 unspecified atom stereocenters. The molecule has 3 aliphatic heterocycles. The molecule has 3 fully saturated rings. The summed E-state index contributed by atoms with van der Waals surface area (Å²) in [5.74, 6) is -1.90. The van der Waals surface area contributed by atoms with Crippen molar-refractivity contribution < 1.29 is 28.2 Å². The SMILES string of the molecule is O=C1CCC(NC(=O)c2ccc(N3CCC(C4OCCO4)CC3)cc2F)C(=O)N1. The van der Waals surface area contributed by atoms with Crippen LogP contribution in [0.3, 0.4) is 0 Å². The highest BCUT2D eigenvalue weighted by Crippen LogP contribution is 2.29. The molecule has 1 aromatic rings. The Morgan fingerprint density at radius 3 is 2.52 bits per heavy atom. The van der Waals surface area contributed by atoms with Crippen molar-refractivity contribution in [3.8, 4) is 0 Å². The van der Waals surface area contributed by atoms with Gasteiger partial charge in [-0.25, -0.2) is 4.39 Å². The van der Waals surface area contributed by atoms with Crippen LogP contribution in [0.4, 0.5) is 10.1 Å². The predicted molar refractivity (Wildman–Crippen MR) is 101 cm³/mol. The maximum atomic E-state index is 14.6. The fourth-order valence-corrected chi connectivity index (χ4v) is 4.03. The summed E-state index contributed by atoms with van der Waals surface area (Å²) in [5, 5.41) is 4.66. The molecule has 156 valence electrons. The fourth-order valence-electron chi connectivity index (χ4n) is 4.03. The molecule has 3 saturated heterocycles. The van der Waals surface area contributed by atoms with E-state index >= 15 is 0 Å². The molecule has 1 atom stereocenters. The van der Waals surface area contributed by atoms with Crippen LogP contribution >= 0.6 is 0 Å². The van der Waals surface area contributed by atoms with Crippen molar-refractivity contribution in [3.05, 3.63) is 29.6 Å². The second kappa shape index (κ2) is 8.46. The molecule has 1 aromatic carbocycles. The second-order valence-corrected chi connectivity index (χ2v) is 7.58. The maximum Gasteiger partial charge on any atom is 0.254 e. The van der Waals surface area contributed by atoms with Crippen LogP contribution in [0.2, 0.25) is 0 Å². The fraction of sp³-hybridized carbons (Fsp3) is 0.550. The Kier molecular flexibility index (Phi) is 5.77. The molecular weight excluding hydrogens is 381 g/mol. The van der Waals surface area contributed by atoms with E-state index in [4.69, 9.17) is 9.47 Å². The Balaban J connectivity index is 1.36. The smallest absolute Gasteiger partial charge is 0.254 e. The Labute approximate surface area is 167 Å². The number of anilines is 1. The van der Waals surface area contributed by atoms with E-state index in [2.05, 4.69) is 15.5 Å². The van der Waals surface area contributed by atoms with Crippen molar-refractivity contribution in [2.24, 2.45) is 5.92 Å². The Hall–Kier alpha value is -2.52. The third kappa shape index (κ3) is 4.40. The Morgan fingerprint density at radius 2 is 1.86 bits per heavy atom. The average Bonchev–Trinajstić information content (AvgIpc) is 3.25. The number of rotatable bonds is 4. The highest BCUT2D eigenvalue weighted by molar-refractivity contribution is 6.03. The molecule has 3 heterocycles. The topological polar surface area (TPSA) is 97.0 Å². The number of amides is 3.